The van der Waals surface area contributed by atoms with Crippen LogP contribution in [0.4, 0.5) is 4.39 Å². The maximum Gasteiger partial charge on any atom is 0.124 e. The standard InChI is InChI=1S/C16H22ClFN2.ClH/c17-15-11-13(18)5-6-14(15)16(12-3-1-2-4-12)20-9-7-19-8-10-20;/h5-6,11-12,16,19H,1-4,7-10H2;1H/t16-;/m1./s1. The number of rotatable bonds is 3. The molecule has 1 aromatic rings. The minimum absolute atomic E-state index is 0. The van der Waals surface area contributed by atoms with E-state index in [1.54, 1.807) is 6.07 Å². The van der Waals surface area contributed by atoms with Crippen LogP contribution in [-0.2, 0) is 0 Å². The molecule has 21 heavy (non-hydrogen) atoms. The van der Waals surface area contributed by atoms with Gasteiger partial charge >= 0.3 is 0 Å². The van der Waals surface area contributed by atoms with Gasteiger partial charge in [-0.15, -0.1) is 12.4 Å². The van der Waals surface area contributed by atoms with Gasteiger partial charge in [-0.1, -0.05) is 30.5 Å². The minimum Gasteiger partial charge on any atom is -0.314 e. The van der Waals surface area contributed by atoms with E-state index in [1.807, 2.05) is 6.07 Å². The van der Waals surface area contributed by atoms with Crippen LogP contribution in [0.3, 0.4) is 0 Å². The van der Waals surface area contributed by atoms with Gasteiger partial charge in [0.05, 0.1) is 0 Å². The monoisotopic (exact) mass is 332 g/mol. The summed E-state index contributed by atoms with van der Waals surface area (Å²) in [6, 6.07) is 5.25. The normalized spacial score (nSPS) is 22.0. The average molecular weight is 333 g/mol. The van der Waals surface area contributed by atoms with Gasteiger partial charge in [-0.05, 0) is 36.5 Å². The molecule has 0 spiro atoms. The van der Waals surface area contributed by atoms with Crippen LogP contribution in [0.2, 0.25) is 5.02 Å². The average Bonchev–Trinajstić information content (AvgIpc) is 2.97. The number of hydrogen-bond acceptors (Lipinski definition) is 2. The van der Waals surface area contributed by atoms with E-state index in [-0.39, 0.29) is 18.2 Å². The molecule has 0 amide bonds. The van der Waals surface area contributed by atoms with Crippen molar-refractivity contribution >= 4 is 24.0 Å². The molecular formula is C16H23Cl2FN2. The summed E-state index contributed by atoms with van der Waals surface area (Å²) in [5, 5.41) is 3.98. The summed E-state index contributed by atoms with van der Waals surface area (Å²) in [5.41, 5.74) is 1.11. The van der Waals surface area contributed by atoms with Gasteiger partial charge in [0.1, 0.15) is 5.82 Å². The Labute approximate surface area is 137 Å². The second kappa shape index (κ2) is 7.77. The zero-order chi connectivity index (χ0) is 13.9. The lowest BCUT2D eigenvalue weighted by Crippen LogP contribution is -2.46. The van der Waals surface area contributed by atoms with Crippen molar-refractivity contribution in [2.24, 2.45) is 5.92 Å². The van der Waals surface area contributed by atoms with Crippen molar-refractivity contribution < 1.29 is 4.39 Å². The molecule has 1 aliphatic carbocycles. The molecule has 1 atom stereocenters. The summed E-state index contributed by atoms with van der Waals surface area (Å²) in [6.45, 7) is 4.16. The van der Waals surface area contributed by atoms with Crippen LogP contribution in [0, 0.1) is 11.7 Å². The molecule has 1 heterocycles. The van der Waals surface area contributed by atoms with Crippen molar-refractivity contribution in [2.45, 2.75) is 31.7 Å². The van der Waals surface area contributed by atoms with Gasteiger partial charge < -0.3 is 5.32 Å². The maximum absolute atomic E-state index is 13.3. The highest BCUT2D eigenvalue weighted by Gasteiger charge is 2.33. The summed E-state index contributed by atoms with van der Waals surface area (Å²) < 4.78 is 13.3. The van der Waals surface area contributed by atoms with Gasteiger partial charge in [-0.3, -0.25) is 4.90 Å². The number of halogens is 3. The highest BCUT2D eigenvalue weighted by Crippen LogP contribution is 2.41. The van der Waals surface area contributed by atoms with Crippen molar-refractivity contribution in [3.63, 3.8) is 0 Å². The maximum atomic E-state index is 13.3. The highest BCUT2D eigenvalue weighted by atomic mass is 35.5. The third kappa shape index (κ3) is 3.89. The van der Waals surface area contributed by atoms with Crippen LogP contribution in [0.15, 0.2) is 18.2 Å². The third-order valence-electron chi connectivity index (χ3n) is 4.67. The first-order valence-electron chi connectivity index (χ1n) is 7.65. The van der Waals surface area contributed by atoms with E-state index in [9.17, 15) is 4.39 Å². The molecule has 2 fully saturated rings. The van der Waals surface area contributed by atoms with Crippen molar-refractivity contribution in [2.75, 3.05) is 26.2 Å². The van der Waals surface area contributed by atoms with Crippen molar-refractivity contribution in [1.29, 1.82) is 0 Å². The number of nitrogens with one attached hydrogen (secondary N) is 1. The lowest BCUT2D eigenvalue weighted by Gasteiger charge is -2.39. The van der Waals surface area contributed by atoms with Crippen LogP contribution in [0.25, 0.3) is 0 Å². The molecule has 0 radical (unpaired) electrons. The molecule has 118 valence electrons. The van der Waals surface area contributed by atoms with Crippen LogP contribution in [0.5, 0.6) is 0 Å². The van der Waals surface area contributed by atoms with Gasteiger partial charge in [0.15, 0.2) is 0 Å². The molecule has 1 saturated carbocycles. The number of benzene rings is 1. The first-order chi connectivity index (χ1) is 9.75. The molecule has 1 aliphatic heterocycles. The Hall–Kier alpha value is -0.350. The fraction of sp³-hybridized carbons (Fsp3) is 0.625. The van der Waals surface area contributed by atoms with Crippen LogP contribution < -0.4 is 5.32 Å². The third-order valence-corrected chi connectivity index (χ3v) is 5.00. The number of piperazine rings is 1. The summed E-state index contributed by atoms with van der Waals surface area (Å²) >= 11 is 6.34. The molecule has 0 unspecified atom stereocenters. The van der Waals surface area contributed by atoms with Gasteiger partial charge in [-0.25, -0.2) is 4.39 Å². The Morgan fingerprint density at radius 2 is 1.86 bits per heavy atom. The van der Waals surface area contributed by atoms with Crippen molar-refractivity contribution in [3.05, 3.63) is 34.6 Å². The fourth-order valence-electron chi connectivity index (χ4n) is 3.72. The molecule has 5 heteroatoms. The molecule has 0 bridgehead atoms. The zero-order valence-electron chi connectivity index (χ0n) is 12.2. The number of hydrogen-bond donors (Lipinski definition) is 1. The summed E-state index contributed by atoms with van der Waals surface area (Å²) in [5.74, 6) is 0.417. The quantitative estimate of drug-likeness (QED) is 0.898. The first kappa shape index (κ1) is 17.0. The Morgan fingerprint density at radius 1 is 1.19 bits per heavy atom. The summed E-state index contributed by atoms with van der Waals surface area (Å²) in [4.78, 5) is 2.53. The van der Waals surface area contributed by atoms with Gasteiger partial charge in [0, 0.05) is 37.2 Å². The molecular weight excluding hydrogens is 310 g/mol. The van der Waals surface area contributed by atoms with Crippen LogP contribution in [0.1, 0.15) is 37.3 Å². The van der Waals surface area contributed by atoms with Crippen LogP contribution in [-0.4, -0.2) is 31.1 Å². The molecule has 1 aromatic carbocycles. The SMILES string of the molecule is Cl.Fc1ccc([C@@H](C2CCCC2)N2CCNCC2)c(Cl)c1. The van der Waals surface area contributed by atoms with E-state index < -0.39 is 0 Å². The highest BCUT2D eigenvalue weighted by molar-refractivity contribution is 6.31. The van der Waals surface area contributed by atoms with Crippen LogP contribution >= 0.6 is 24.0 Å². The molecule has 2 nitrogen and oxygen atoms in total. The Morgan fingerprint density at radius 3 is 2.48 bits per heavy atom. The van der Waals surface area contributed by atoms with Gasteiger partial charge in [-0.2, -0.15) is 0 Å². The van der Waals surface area contributed by atoms with Gasteiger partial charge in [0.25, 0.3) is 0 Å². The second-order valence-corrected chi connectivity index (χ2v) is 6.35. The molecule has 1 saturated heterocycles. The fourth-order valence-corrected chi connectivity index (χ4v) is 4.00. The topological polar surface area (TPSA) is 15.3 Å². The van der Waals surface area contributed by atoms with E-state index >= 15 is 0 Å². The van der Waals surface area contributed by atoms with E-state index in [2.05, 4.69) is 10.2 Å². The Bertz CT molecular complexity index is 458. The summed E-state index contributed by atoms with van der Waals surface area (Å²) in [6.07, 6.45) is 5.16. The van der Waals surface area contributed by atoms with Gasteiger partial charge in [0.2, 0.25) is 0 Å². The Kier molecular flexibility index (Phi) is 6.30. The largest absolute Gasteiger partial charge is 0.314 e. The second-order valence-electron chi connectivity index (χ2n) is 5.94. The molecule has 2 aliphatic rings. The van der Waals surface area contributed by atoms with Crippen molar-refractivity contribution in [1.82, 2.24) is 10.2 Å². The molecule has 0 aromatic heterocycles. The number of nitrogens with zero attached hydrogens (tertiary/aromatic N) is 1. The van der Waals surface area contributed by atoms with Crippen molar-refractivity contribution in [3.8, 4) is 0 Å². The molecule has 1 N–H and O–H groups in total. The van der Waals surface area contributed by atoms with E-state index in [1.165, 1.54) is 31.7 Å². The predicted octanol–water partition coefficient (Wildman–Crippen LogP) is 4.04. The first-order valence-corrected chi connectivity index (χ1v) is 8.03. The summed E-state index contributed by atoms with van der Waals surface area (Å²) in [7, 11) is 0. The van der Waals surface area contributed by atoms with E-state index in [4.69, 9.17) is 11.6 Å². The molecule has 3 rings (SSSR count). The minimum atomic E-state index is -0.246. The lowest BCUT2D eigenvalue weighted by atomic mass is 9.89. The lowest BCUT2D eigenvalue weighted by molar-refractivity contribution is 0.125. The smallest absolute Gasteiger partial charge is 0.124 e. The Balaban J connectivity index is 0.00000161. The zero-order valence-corrected chi connectivity index (χ0v) is 13.7. The predicted molar refractivity (Wildman–Crippen MR) is 87.8 cm³/mol. The van der Waals surface area contributed by atoms with E-state index in [0.717, 1.165) is 31.7 Å². The van der Waals surface area contributed by atoms with E-state index in [0.29, 0.717) is 17.0 Å².